The van der Waals surface area contributed by atoms with Crippen molar-refractivity contribution in [2.24, 2.45) is 11.8 Å². The average Bonchev–Trinajstić information content (AvgIpc) is 2.46. The van der Waals surface area contributed by atoms with E-state index in [1.165, 1.54) is 7.05 Å². The third-order valence-corrected chi connectivity index (χ3v) is 3.48. The molecule has 1 aromatic rings. The van der Waals surface area contributed by atoms with Gasteiger partial charge in [0.15, 0.2) is 17.3 Å². The maximum Gasteiger partial charge on any atom is 0.223 e. The van der Waals surface area contributed by atoms with E-state index in [0.717, 1.165) is 0 Å². The first-order valence-corrected chi connectivity index (χ1v) is 6.41. The highest BCUT2D eigenvalue weighted by Gasteiger charge is 2.42. The van der Waals surface area contributed by atoms with Crippen LogP contribution in [0.2, 0.25) is 0 Å². The van der Waals surface area contributed by atoms with Crippen molar-refractivity contribution in [2.75, 3.05) is 7.05 Å². The number of hydrogen-bond donors (Lipinski definition) is 1. The van der Waals surface area contributed by atoms with E-state index in [9.17, 15) is 19.2 Å². The second-order valence-corrected chi connectivity index (χ2v) is 4.82. The summed E-state index contributed by atoms with van der Waals surface area (Å²) in [5, 5.41) is 2.42. The van der Waals surface area contributed by atoms with E-state index in [1.54, 1.807) is 30.3 Å². The van der Waals surface area contributed by atoms with E-state index in [-0.39, 0.29) is 18.7 Å². The van der Waals surface area contributed by atoms with Gasteiger partial charge in [0.2, 0.25) is 5.91 Å². The van der Waals surface area contributed by atoms with Gasteiger partial charge < -0.3 is 5.32 Å². The van der Waals surface area contributed by atoms with Crippen LogP contribution in [0.1, 0.15) is 23.2 Å². The second kappa shape index (κ2) is 5.77. The molecule has 1 fully saturated rings. The van der Waals surface area contributed by atoms with Crippen molar-refractivity contribution in [3.63, 3.8) is 0 Å². The zero-order valence-corrected chi connectivity index (χ0v) is 11.1. The molecule has 5 heteroatoms. The van der Waals surface area contributed by atoms with Gasteiger partial charge in [0.25, 0.3) is 0 Å². The number of carbonyl (C=O) groups excluding carboxylic acids is 4. The standard InChI is InChI=1S/C15H15NO4/c1-16-15(20)10-7-11(17)13(12(18)8-10)14(19)9-5-3-2-4-6-9/h2-6,10,13H,7-8H2,1H3,(H,16,20). The Kier molecular flexibility index (Phi) is 4.08. The minimum atomic E-state index is -1.25. The number of amides is 1. The Bertz CT molecular complexity index is 546. The Hall–Kier alpha value is -2.30. The van der Waals surface area contributed by atoms with E-state index in [4.69, 9.17) is 0 Å². The van der Waals surface area contributed by atoms with Crippen molar-refractivity contribution < 1.29 is 19.2 Å². The molecule has 0 unspecified atom stereocenters. The number of rotatable bonds is 3. The Balaban J connectivity index is 2.19. The van der Waals surface area contributed by atoms with Crippen LogP contribution in [0.15, 0.2) is 30.3 Å². The molecule has 0 bridgehead atoms. The molecule has 0 saturated heterocycles. The summed E-state index contributed by atoms with van der Waals surface area (Å²) in [7, 11) is 1.46. The molecule has 0 atom stereocenters. The summed E-state index contributed by atoms with van der Waals surface area (Å²) in [5.41, 5.74) is 0.345. The normalized spacial score (nSPS) is 22.4. The van der Waals surface area contributed by atoms with Crippen LogP contribution in [0.5, 0.6) is 0 Å². The monoisotopic (exact) mass is 273 g/mol. The lowest BCUT2D eigenvalue weighted by molar-refractivity contribution is -0.140. The second-order valence-electron chi connectivity index (χ2n) is 4.82. The van der Waals surface area contributed by atoms with Gasteiger partial charge in [-0.2, -0.15) is 0 Å². The van der Waals surface area contributed by atoms with Crippen molar-refractivity contribution in [1.29, 1.82) is 0 Å². The SMILES string of the molecule is CNC(=O)C1CC(=O)C(C(=O)c2ccccc2)C(=O)C1. The molecule has 1 aliphatic rings. The molecule has 1 N–H and O–H groups in total. The highest BCUT2D eigenvalue weighted by molar-refractivity contribution is 6.26. The van der Waals surface area contributed by atoms with Gasteiger partial charge in [-0.3, -0.25) is 19.2 Å². The first kappa shape index (κ1) is 14.1. The zero-order chi connectivity index (χ0) is 14.7. The lowest BCUT2D eigenvalue weighted by atomic mass is 9.76. The summed E-state index contributed by atoms with van der Waals surface area (Å²) in [5.74, 6) is -3.65. The molecular weight excluding hydrogens is 258 g/mol. The molecule has 0 radical (unpaired) electrons. The van der Waals surface area contributed by atoms with Crippen molar-refractivity contribution in [2.45, 2.75) is 12.8 Å². The number of hydrogen-bond acceptors (Lipinski definition) is 4. The fourth-order valence-corrected chi connectivity index (χ4v) is 2.42. The summed E-state index contributed by atoms with van der Waals surface area (Å²) in [4.78, 5) is 47.8. The lowest BCUT2D eigenvalue weighted by Crippen LogP contribution is -2.43. The summed E-state index contributed by atoms with van der Waals surface area (Å²) in [6.45, 7) is 0. The van der Waals surface area contributed by atoms with Crippen LogP contribution in [-0.4, -0.2) is 30.3 Å². The van der Waals surface area contributed by atoms with Gasteiger partial charge in [0, 0.05) is 25.5 Å². The minimum Gasteiger partial charge on any atom is -0.359 e. The highest BCUT2D eigenvalue weighted by Crippen LogP contribution is 2.26. The van der Waals surface area contributed by atoms with Crippen LogP contribution in [0.3, 0.4) is 0 Å². The number of ketones is 3. The number of carbonyl (C=O) groups is 4. The molecule has 104 valence electrons. The molecule has 0 aromatic heterocycles. The molecule has 1 amide bonds. The quantitative estimate of drug-likeness (QED) is 0.652. The molecule has 1 saturated carbocycles. The van der Waals surface area contributed by atoms with E-state index in [0.29, 0.717) is 5.56 Å². The summed E-state index contributed by atoms with van der Waals surface area (Å²) in [6, 6.07) is 8.26. The average molecular weight is 273 g/mol. The van der Waals surface area contributed by atoms with Crippen LogP contribution >= 0.6 is 0 Å². The zero-order valence-electron chi connectivity index (χ0n) is 11.1. The molecule has 20 heavy (non-hydrogen) atoms. The van der Waals surface area contributed by atoms with Gasteiger partial charge in [0.05, 0.1) is 5.92 Å². The lowest BCUT2D eigenvalue weighted by Gasteiger charge is -2.24. The fraction of sp³-hybridized carbons (Fsp3) is 0.333. The summed E-state index contributed by atoms with van der Waals surface area (Å²) in [6.07, 6.45) is -0.122. The van der Waals surface area contributed by atoms with Crippen molar-refractivity contribution in [1.82, 2.24) is 5.32 Å². The van der Waals surface area contributed by atoms with Crippen LogP contribution in [0.25, 0.3) is 0 Å². The first-order valence-electron chi connectivity index (χ1n) is 6.41. The van der Waals surface area contributed by atoms with E-state index >= 15 is 0 Å². The summed E-state index contributed by atoms with van der Waals surface area (Å²) >= 11 is 0. The number of nitrogens with one attached hydrogen (secondary N) is 1. The third-order valence-electron chi connectivity index (χ3n) is 3.48. The molecule has 5 nitrogen and oxygen atoms in total. The number of benzene rings is 1. The Morgan fingerprint density at radius 1 is 1.05 bits per heavy atom. The highest BCUT2D eigenvalue weighted by atomic mass is 16.2. The van der Waals surface area contributed by atoms with Crippen molar-refractivity contribution in [3.8, 4) is 0 Å². The molecular formula is C15H15NO4. The van der Waals surface area contributed by atoms with Crippen LogP contribution in [-0.2, 0) is 14.4 Å². The van der Waals surface area contributed by atoms with Gasteiger partial charge in [-0.15, -0.1) is 0 Å². The number of Topliss-reactive ketones (excluding diaryl/α,β-unsaturated/α-hetero) is 3. The smallest absolute Gasteiger partial charge is 0.223 e. The summed E-state index contributed by atoms with van der Waals surface area (Å²) < 4.78 is 0. The van der Waals surface area contributed by atoms with E-state index < -0.39 is 29.2 Å². The minimum absolute atomic E-state index is 0.0609. The van der Waals surface area contributed by atoms with Gasteiger partial charge in [-0.05, 0) is 0 Å². The van der Waals surface area contributed by atoms with Gasteiger partial charge >= 0.3 is 0 Å². The maximum absolute atomic E-state index is 12.2. The predicted octanol–water partition coefficient (Wildman–Crippen LogP) is 0.780. The Morgan fingerprint density at radius 3 is 2.10 bits per heavy atom. The fourth-order valence-electron chi connectivity index (χ4n) is 2.42. The maximum atomic E-state index is 12.2. The Morgan fingerprint density at radius 2 is 1.60 bits per heavy atom. The predicted molar refractivity (Wildman–Crippen MR) is 71.1 cm³/mol. The molecule has 0 heterocycles. The van der Waals surface area contributed by atoms with Crippen LogP contribution in [0.4, 0.5) is 0 Å². The van der Waals surface area contributed by atoms with Crippen molar-refractivity contribution in [3.05, 3.63) is 35.9 Å². The van der Waals surface area contributed by atoms with Gasteiger partial charge in [0.1, 0.15) is 5.92 Å². The molecule has 1 aromatic carbocycles. The Labute approximate surface area is 116 Å². The molecule has 2 rings (SSSR count). The first-order chi connectivity index (χ1) is 9.54. The molecule has 0 aliphatic heterocycles. The largest absolute Gasteiger partial charge is 0.359 e. The topological polar surface area (TPSA) is 80.3 Å². The van der Waals surface area contributed by atoms with Gasteiger partial charge in [-0.25, -0.2) is 0 Å². The molecule has 1 aliphatic carbocycles. The van der Waals surface area contributed by atoms with Gasteiger partial charge in [-0.1, -0.05) is 30.3 Å². The van der Waals surface area contributed by atoms with Crippen LogP contribution in [0, 0.1) is 11.8 Å². The van der Waals surface area contributed by atoms with Crippen LogP contribution < -0.4 is 5.32 Å². The van der Waals surface area contributed by atoms with E-state index in [2.05, 4.69) is 5.32 Å². The third kappa shape index (κ3) is 2.66. The molecule has 0 spiro atoms. The van der Waals surface area contributed by atoms with Crippen molar-refractivity contribution >= 4 is 23.3 Å². The van der Waals surface area contributed by atoms with E-state index in [1.807, 2.05) is 0 Å².